The largest absolute Gasteiger partial charge is 0.0936 e. The van der Waals surface area contributed by atoms with Gasteiger partial charge in [-0.1, -0.05) is 18.2 Å². The van der Waals surface area contributed by atoms with Gasteiger partial charge in [0.25, 0.3) is 0 Å². The molecule has 1 atom stereocenters. The first-order chi connectivity index (χ1) is 9.42. The summed E-state index contributed by atoms with van der Waals surface area (Å²) in [6, 6.07) is 8.98. The highest BCUT2D eigenvalue weighted by Crippen LogP contribution is 2.47. The van der Waals surface area contributed by atoms with E-state index >= 15 is 0 Å². The Hall–Kier alpha value is -2.21. The van der Waals surface area contributed by atoms with Gasteiger partial charge < -0.3 is 0 Å². The molecule has 0 bridgehead atoms. The third-order valence-corrected chi connectivity index (χ3v) is 4.57. The van der Waals surface area contributed by atoms with E-state index in [9.17, 15) is 0 Å². The Kier molecular flexibility index (Phi) is 1.64. The predicted octanol–water partition coefficient (Wildman–Crippen LogP) is 4.86. The first-order valence-corrected chi connectivity index (χ1v) is 6.91. The maximum absolute atomic E-state index is 2.37. The zero-order valence-corrected chi connectivity index (χ0v) is 10.6. The van der Waals surface area contributed by atoms with Gasteiger partial charge in [-0.05, 0) is 30.7 Å². The molecule has 1 unspecified atom stereocenters. The van der Waals surface area contributed by atoms with Gasteiger partial charge in [0.2, 0.25) is 0 Å². The zero-order chi connectivity index (χ0) is 12.4. The van der Waals surface area contributed by atoms with E-state index < -0.39 is 0 Å². The van der Waals surface area contributed by atoms with E-state index in [1.165, 1.54) is 33.4 Å². The predicted molar refractivity (Wildman–Crippen MR) is 80.9 cm³/mol. The molecule has 0 amide bonds. The topological polar surface area (TPSA) is 0 Å². The average Bonchev–Trinajstić information content (AvgIpc) is 2.47. The number of allylic oxidation sites excluding steroid dienone is 4. The average molecular weight is 241 g/mol. The van der Waals surface area contributed by atoms with Crippen LogP contribution in [0.15, 0.2) is 48.6 Å². The fourth-order valence-electron chi connectivity index (χ4n) is 3.75. The second kappa shape index (κ2) is 3.21. The summed E-state index contributed by atoms with van der Waals surface area (Å²) in [6.07, 6.45) is 14.9. The molecule has 0 saturated carbocycles. The van der Waals surface area contributed by atoms with Crippen molar-refractivity contribution in [3.05, 3.63) is 76.7 Å². The van der Waals surface area contributed by atoms with E-state index in [0.29, 0.717) is 5.92 Å². The van der Waals surface area contributed by atoms with Gasteiger partial charge >= 0.3 is 0 Å². The molecule has 19 heavy (non-hydrogen) atoms. The number of hydrogen-bond donors (Lipinski definition) is 0. The lowest BCUT2D eigenvalue weighted by molar-refractivity contribution is 0.830. The fourth-order valence-corrected chi connectivity index (χ4v) is 3.75. The third-order valence-electron chi connectivity index (χ3n) is 4.57. The summed E-state index contributed by atoms with van der Waals surface area (Å²) in [4.78, 5) is 0. The van der Waals surface area contributed by atoms with Crippen LogP contribution in [0, 0.1) is 5.92 Å². The SMILES string of the molecule is C1=Cc2cc3cccc4c3c3c2C(C=C[C+]3C=C4)C1. The van der Waals surface area contributed by atoms with E-state index in [-0.39, 0.29) is 0 Å². The van der Waals surface area contributed by atoms with Gasteiger partial charge in [0.1, 0.15) is 0 Å². The molecule has 0 saturated heterocycles. The second-order valence-electron chi connectivity index (χ2n) is 5.59. The normalized spacial score (nSPS) is 21.3. The minimum atomic E-state index is 0.572. The molecule has 0 aliphatic heterocycles. The van der Waals surface area contributed by atoms with Crippen molar-refractivity contribution >= 4 is 22.9 Å². The summed E-state index contributed by atoms with van der Waals surface area (Å²) in [5.74, 6) is 1.95. The van der Waals surface area contributed by atoms with Gasteiger partial charge in [0, 0.05) is 40.3 Å². The monoisotopic (exact) mass is 241 g/mol. The van der Waals surface area contributed by atoms with E-state index in [4.69, 9.17) is 0 Å². The van der Waals surface area contributed by atoms with Gasteiger partial charge in [-0.3, -0.25) is 0 Å². The van der Waals surface area contributed by atoms with Crippen molar-refractivity contribution in [2.45, 2.75) is 12.3 Å². The standard InChI is InChI=1S/C19H13/c1-3-12-7-9-14-10-8-13-4-2-6-16-11-15(5-1)17(12)19(14)18(13)16/h1-3,5-11,13H,4H2/q+1. The third kappa shape index (κ3) is 1.12. The molecule has 0 fully saturated rings. The lowest BCUT2D eigenvalue weighted by atomic mass is 9.71. The summed E-state index contributed by atoms with van der Waals surface area (Å²) in [6.45, 7) is 0. The summed E-state index contributed by atoms with van der Waals surface area (Å²) < 4.78 is 0. The van der Waals surface area contributed by atoms with Crippen molar-refractivity contribution in [2.75, 3.05) is 0 Å². The van der Waals surface area contributed by atoms with Crippen LogP contribution in [0.1, 0.15) is 34.6 Å². The quantitative estimate of drug-likeness (QED) is 0.578. The van der Waals surface area contributed by atoms with Crippen molar-refractivity contribution in [1.29, 1.82) is 0 Å². The molecule has 88 valence electrons. The highest BCUT2D eigenvalue weighted by atomic mass is 14.3. The molecule has 2 aromatic carbocycles. The van der Waals surface area contributed by atoms with E-state index in [2.05, 4.69) is 60.7 Å². The lowest BCUT2D eigenvalue weighted by Gasteiger charge is -2.26. The molecule has 0 spiro atoms. The fraction of sp³-hybridized carbons (Fsp3) is 0.105. The first kappa shape index (κ1) is 9.69. The summed E-state index contributed by atoms with van der Waals surface area (Å²) in [5, 5.41) is 2.82. The van der Waals surface area contributed by atoms with Crippen LogP contribution in [0.25, 0.3) is 22.9 Å². The Bertz CT molecular complexity index is 802. The number of rotatable bonds is 0. The Labute approximate surface area is 112 Å². The molecule has 0 N–H and O–H groups in total. The molecule has 5 rings (SSSR count). The van der Waals surface area contributed by atoms with Gasteiger partial charge in [-0.2, -0.15) is 0 Å². The highest BCUT2D eigenvalue weighted by molar-refractivity contribution is 6.01. The van der Waals surface area contributed by atoms with Gasteiger partial charge in [0.05, 0.1) is 22.8 Å². The van der Waals surface area contributed by atoms with Crippen LogP contribution in [0.5, 0.6) is 0 Å². The van der Waals surface area contributed by atoms with Crippen LogP contribution in [-0.4, -0.2) is 0 Å². The van der Waals surface area contributed by atoms with Gasteiger partial charge in [-0.25, -0.2) is 0 Å². The minimum absolute atomic E-state index is 0.572. The zero-order valence-electron chi connectivity index (χ0n) is 10.6. The van der Waals surface area contributed by atoms with Crippen molar-refractivity contribution in [3.8, 4) is 0 Å². The van der Waals surface area contributed by atoms with E-state index in [0.717, 1.165) is 6.42 Å². The number of hydrogen-bond acceptors (Lipinski definition) is 0. The smallest absolute Gasteiger partial charge is 0.0809 e. The molecule has 0 nitrogen and oxygen atoms in total. The van der Waals surface area contributed by atoms with E-state index in [1.54, 1.807) is 5.56 Å². The molecular formula is C19H13+. The Balaban J connectivity index is 2.04. The number of benzene rings is 2. The maximum Gasteiger partial charge on any atom is 0.0936 e. The molecule has 2 aromatic rings. The van der Waals surface area contributed by atoms with Crippen LogP contribution in [0.2, 0.25) is 0 Å². The Morgan fingerprint density at radius 2 is 2.05 bits per heavy atom. The molecule has 3 aliphatic rings. The molecular weight excluding hydrogens is 228 g/mol. The van der Waals surface area contributed by atoms with Gasteiger partial charge in [0.15, 0.2) is 0 Å². The highest BCUT2D eigenvalue weighted by Gasteiger charge is 2.35. The van der Waals surface area contributed by atoms with E-state index in [1.807, 2.05) is 0 Å². The summed E-state index contributed by atoms with van der Waals surface area (Å²) in [5.41, 5.74) is 5.81. The van der Waals surface area contributed by atoms with Crippen LogP contribution >= 0.6 is 0 Å². The van der Waals surface area contributed by atoms with Crippen LogP contribution in [0.3, 0.4) is 0 Å². The van der Waals surface area contributed by atoms with Crippen molar-refractivity contribution < 1.29 is 0 Å². The van der Waals surface area contributed by atoms with Crippen molar-refractivity contribution in [1.82, 2.24) is 0 Å². The Morgan fingerprint density at radius 3 is 3.05 bits per heavy atom. The van der Waals surface area contributed by atoms with Crippen LogP contribution in [-0.2, 0) is 0 Å². The second-order valence-corrected chi connectivity index (χ2v) is 5.59. The Morgan fingerprint density at radius 1 is 1.05 bits per heavy atom. The van der Waals surface area contributed by atoms with Crippen LogP contribution in [0.4, 0.5) is 0 Å². The van der Waals surface area contributed by atoms with Gasteiger partial charge in [-0.15, -0.1) is 0 Å². The van der Waals surface area contributed by atoms with Crippen LogP contribution < -0.4 is 0 Å². The van der Waals surface area contributed by atoms with Crippen molar-refractivity contribution in [2.24, 2.45) is 0 Å². The molecule has 0 heterocycles. The summed E-state index contributed by atoms with van der Waals surface area (Å²) in [7, 11) is 0. The first-order valence-electron chi connectivity index (χ1n) is 6.91. The molecule has 0 radical (unpaired) electrons. The molecule has 0 heteroatoms. The summed E-state index contributed by atoms with van der Waals surface area (Å²) >= 11 is 0. The lowest BCUT2D eigenvalue weighted by Crippen LogP contribution is -2.15. The maximum atomic E-state index is 2.37. The molecule has 0 aromatic heterocycles. The van der Waals surface area contributed by atoms with Crippen molar-refractivity contribution in [3.63, 3.8) is 0 Å². The minimum Gasteiger partial charge on any atom is -0.0809 e. The molecule has 3 aliphatic carbocycles.